The van der Waals surface area contributed by atoms with Gasteiger partial charge in [-0.05, 0) is 30.2 Å². The summed E-state index contributed by atoms with van der Waals surface area (Å²) < 4.78 is 0. The first-order valence-electron chi connectivity index (χ1n) is 7.10. The highest BCUT2D eigenvalue weighted by Crippen LogP contribution is 2.23. The van der Waals surface area contributed by atoms with Crippen molar-refractivity contribution < 1.29 is 4.79 Å². The van der Waals surface area contributed by atoms with Crippen LogP contribution in [0.5, 0.6) is 0 Å². The fraction of sp³-hybridized carbons (Fsp3) is 0.375. The average Bonchev–Trinajstić information content (AvgIpc) is 2.53. The van der Waals surface area contributed by atoms with Crippen LogP contribution in [0.15, 0.2) is 30.5 Å². The van der Waals surface area contributed by atoms with Gasteiger partial charge in [0.1, 0.15) is 5.82 Å². The van der Waals surface area contributed by atoms with Gasteiger partial charge < -0.3 is 10.6 Å². The van der Waals surface area contributed by atoms with Crippen LogP contribution in [0.1, 0.15) is 23.2 Å². The SMILES string of the molecule is CNc1ncc(C(=O)NCCCCSC)c2ccccc12. The predicted molar refractivity (Wildman–Crippen MR) is 91.2 cm³/mol. The molecule has 1 aromatic heterocycles. The molecule has 0 bridgehead atoms. The summed E-state index contributed by atoms with van der Waals surface area (Å²) in [6.45, 7) is 0.710. The fourth-order valence-electron chi connectivity index (χ4n) is 2.24. The van der Waals surface area contributed by atoms with Gasteiger partial charge in [-0.15, -0.1) is 0 Å². The first kappa shape index (κ1) is 15.6. The van der Waals surface area contributed by atoms with Crippen LogP contribution in [-0.2, 0) is 0 Å². The molecule has 0 aliphatic carbocycles. The van der Waals surface area contributed by atoms with Crippen molar-refractivity contribution in [2.24, 2.45) is 0 Å². The van der Waals surface area contributed by atoms with Crippen LogP contribution in [-0.4, -0.2) is 36.5 Å². The van der Waals surface area contributed by atoms with Crippen molar-refractivity contribution in [2.45, 2.75) is 12.8 Å². The van der Waals surface area contributed by atoms with E-state index in [4.69, 9.17) is 0 Å². The largest absolute Gasteiger partial charge is 0.373 e. The highest BCUT2D eigenvalue weighted by molar-refractivity contribution is 7.98. The van der Waals surface area contributed by atoms with E-state index in [1.54, 1.807) is 6.20 Å². The lowest BCUT2D eigenvalue weighted by atomic mass is 10.1. The number of unbranched alkanes of at least 4 members (excludes halogenated alkanes) is 1. The predicted octanol–water partition coefficient (Wildman–Crippen LogP) is 3.15. The number of carbonyl (C=O) groups is 1. The summed E-state index contributed by atoms with van der Waals surface area (Å²) in [5, 5.41) is 7.93. The molecule has 1 heterocycles. The molecule has 0 radical (unpaired) electrons. The van der Waals surface area contributed by atoms with Crippen LogP contribution in [0.3, 0.4) is 0 Å². The van der Waals surface area contributed by atoms with Gasteiger partial charge in [-0.1, -0.05) is 24.3 Å². The van der Waals surface area contributed by atoms with E-state index in [1.807, 2.05) is 43.1 Å². The lowest BCUT2D eigenvalue weighted by Crippen LogP contribution is -2.25. The molecule has 2 aromatic rings. The molecule has 1 amide bonds. The van der Waals surface area contributed by atoms with E-state index in [-0.39, 0.29) is 5.91 Å². The number of carbonyl (C=O) groups excluding carboxylic acids is 1. The Kier molecular flexibility index (Phi) is 5.87. The van der Waals surface area contributed by atoms with Gasteiger partial charge >= 0.3 is 0 Å². The molecule has 2 rings (SSSR count). The molecule has 0 saturated heterocycles. The molecule has 0 saturated carbocycles. The topological polar surface area (TPSA) is 54.0 Å². The number of nitrogens with zero attached hydrogens (tertiary/aromatic N) is 1. The van der Waals surface area contributed by atoms with Gasteiger partial charge in [0.05, 0.1) is 5.56 Å². The Morgan fingerprint density at radius 3 is 2.71 bits per heavy atom. The fourth-order valence-corrected chi connectivity index (χ4v) is 2.73. The van der Waals surface area contributed by atoms with Gasteiger partial charge in [0, 0.05) is 25.2 Å². The number of benzene rings is 1. The van der Waals surface area contributed by atoms with E-state index in [0.717, 1.165) is 35.2 Å². The van der Waals surface area contributed by atoms with Crippen LogP contribution in [0.2, 0.25) is 0 Å². The number of rotatable bonds is 7. The average molecular weight is 303 g/mol. The first-order valence-corrected chi connectivity index (χ1v) is 8.50. The molecule has 5 heteroatoms. The summed E-state index contributed by atoms with van der Waals surface area (Å²) in [7, 11) is 1.83. The minimum atomic E-state index is -0.0505. The number of pyridine rings is 1. The highest BCUT2D eigenvalue weighted by Gasteiger charge is 2.12. The summed E-state index contributed by atoms with van der Waals surface area (Å²) in [5.41, 5.74) is 0.634. The van der Waals surface area contributed by atoms with Gasteiger partial charge in [0.2, 0.25) is 0 Å². The van der Waals surface area contributed by atoms with Gasteiger partial charge in [-0.3, -0.25) is 4.79 Å². The Hall–Kier alpha value is -1.75. The Morgan fingerprint density at radius 2 is 2.00 bits per heavy atom. The van der Waals surface area contributed by atoms with Crippen molar-refractivity contribution in [3.05, 3.63) is 36.0 Å². The number of nitrogens with one attached hydrogen (secondary N) is 2. The van der Waals surface area contributed by atoms with Crippen molar-refractivity contribution in [1.29, 1.82) is 0 Å². The number of amides is 1. The van der Waals surface area contributed by atoms with Gasteiger partial charge in [-0.2, -0.15) is 11.8 Å². The van der Waals surface area contributed by atoms with E-state index in [9.17, 15) is 4.79 Å². The molecule has 0 spiro atoms. The zero-order valence-electron chi connectivity index (χ0n) is 12.5. The van der Waals surface area contributed by atoms with Crippen molar-refractivity contribution in [3.8, 4) is 0 Å². The molecule has 21 heavy (non-hydrogen) atoms. The van der Waals surface area contributed by atoms with Crippen LogP contribution in [0.25, 0.3) is 10.8 Å². The summed E-state index contributed by atoms with van der Waals surface area (Å²) in [5.74, 6) is 1.88. The lowest BCUT2D eigenvalue weighted by molar-refractivity contribution is 0.0954. The third kappa shape index (κ3) is 3.88. The maximum Gasteiger partial charge on any atom is 0.253 e. The third-order valence-electron chi connectivity index (χ3n) is 3.34. The van der Waals surface area contributed by atoms with Crippen molar-refractivity contribution in [1.82, 2.24) is 10.3 Å². The van der Waals surface area contributed by atoms with Crippen LogP contribution in [0.4, 0.5) is 5.82 Å². The summed E-state index contributed by atoms with van der Waals surface area (Å²) in [4.78, 5) is 16.6. The Morgan fingerprint density at radius 1 is 1.24 bits per heavy atom. The quantitative estimate of drug-likeness (QED) is 0.772. The van der Waals surface area contributed by atoms with Crippen molar-refractivity contribution in [2.75, 3.05) is 30.9 Å². The summed E-state index contributed by atoms with van der Waals surface area (Å²) >= 11 is 1.83. The van der Waals surface area contributed by atoms with E-state index in [2.05, 4.69) is 21.9 Å². The molecule has 112 valence electrons. The molecular formula is C16H21N3OS. The van der Waals surface area contributed by atoms with E-state index >= 15 is 0 Å². The maximum absolute atomic E-state index is 12.3. The van der Waals surface area contributed by atoms with Crippen LogP contribution < -0.4 is 10.6 Å². The number of anilines is 1. The number of hydrogen-bond donors (Lipinski definition) is 2. The second kappa shape index (κ2) is 7.88. The molecule has 0 aliphatic heterocycles. The molecular weight excluding hydrogens is 282 g/mol. The number of aromatic nitrogens is 1. The Labute approximate surface area is 129 Å². The highest BCUT2D eigenvalue weighted by atomic mass is 32.2. The van der Waals surface area contributed by atoms with Crippen molar-refractivity contribution >= 4 is 34.3 Å². The second-order valence-electron chi connectivity index (χ2n) is 4.77. The van der Waals surface area contributed by atoms with E-state index in [1.165, 1.54) is 0 Å². The molecule has 1 aromatic carbocycles. The zero-order valence-corrected chi connectivity index (χ0v) is 13.3. The molecule has 0 aliphatic rings. The second-order valence-corrected chi connectivity index (χ2v) is 5.76. The van der Waals surface area contributed by atoms with Crippen LogP contribution in [0, 0.1) is 0 Å². The maximum atomic E-state index is 12.3. The zero-order chi connectivity index (χ0) is 15.1. The number of hydrogen-bond acceptors (Lipinski definition) is 4. The number of fused-ring (bicyclic) bond motifs is 1. The standard InChI is InChI=1S/C16H21N3OS/c1-17-15-13-8-4-3-7-12(13)14(11-19-15)16(20)18-9-5-6-10-21-2/h3-4,7-8,11H,5-6,9-10H2,1-2H3,(H,17,19)(H,18,20). The van der Waals surface area contributed by atoms with Gasteiger partial charge in [0.15, 0.2) is 0 Å². The Balaban J connectivity index is 2.13. The minimum Gasteiger partial charge on any atom is -0.373 e. The van der Waals surface area contributed by atoms with E-state index < -0.39 is 0 Å². The monoisotopic (exact) mass is 303 g/mol. The van der Waals surface area contributed by atoms with Gasteiger partial charge in [-0.25, -0.2) is 4.98 Å². The third-order valence-corrected chi connectivity index (χ3v) is 4.03. The summed E-state index contributed by atoms with van der Waals surface area (Å²) in [6.07, 6.45) is 5.87. The molecule has 4 nitrogen and oxygen atoms in total. The molecule has 0 atom stereocenters. The molecule has 2 N–H and O–H groups in total. The smallest absolute Gasteiger partial charge is 0.253 e. The molecule has 0 unspecified atom stereocenters. The van der Waals surface area contributed by atoms with Gasteiger partial charge in [0.25, 0.3) is 5.91 Å². The minimum absolute atomic E-state index is 0.0505. The number of thioether (sulfide) groups is 1. The molecule has 0 fully saturated rings. The van der Waals surface area contributed by atoms with Crippen molar-refractivity contribution in [3.63, 3.8) is 0 Å². The summed E-state index contributed by atoms with van der Waals surface area (Å²) in [6, 6.07) is 7.83. The normalized spacial score (nSPS) is 10.6. The lowest BCUT2D eigenvalue weighted by Gasteiger charge is -2.10. The van der Waals surface area contributed by atoms with E-state index in [0.29, 0.717) is 12.1 Å². The Bertz CT molecular complexity index is 615. The van der Waals surface area contributed by atoms with Crippen LogP contribution >= 0.6 is 11.8 Å². The first-order chi connectivity index (χ1) is 10.3.